The van der Waals surface area contributed by atoms with Crippen molar-refractivity contribution < 1.29 is 4.74 Å². The van der Waals surface area contributed by atoms with Gasteiger partial charge in [0.2, 0.25) is 0 Å². The molecular weight excluding hydrogens is 266 g/mol. The molecule has 2 aliphatic rings. The quantitative estimate of drug-likeness (QED) is 0.838. The minimum Gasteiger partial charge on any atom is -0.493 e. The van der Waals surface area contributed by atoms with Crippen molar-refractivity contribution in [3.63, 3.8) is 0 Å². The van der Waals surface area contributed by atoms with Crippen molar-refractivity contribution >= 4 is 5.82 Å². The van der Waals surface area contributed by atoms with Gasteiger partial charge in [0, 0.05) is 6.54 Å². The van der Waals surface area contributed by atoms with Gasteiger partial charge in [-0.3, -0.25) is 4.79 Å². The number of nitrogens with one attached hydrogen (secondary N) is 2. The molecule has 1 unspecified atom stereocenters. The number of nitrogens with zero attached hydrogens (tertiary/aromatic N) is 1. The van der Waals surface area contributed by atoms with Crippen molar-refractivity contribution in [2.24, 2.45) is 0 Å². The molecule has 0 spiro atoms. The number of benzene rings is 1. The highest BCUT2D eigenvalue weighted by molar-refractivity contribution is 5.45. The van der Waals surface area contributed by atoms with E-state index in [-0.39, 0.29) is 11.5 Å². The molecule has 2 aliphatic heterocycles. The number of aromatic amines is 1. The van der Waals surface area contributed by atoms with Crippen LogP contribution in [0.2, 0.25) is 0 Å². The SMILES string of the molecule is O=c1[nH]c(C2COc3ccccc3C2)nc2c1CCCN2. The van der Waals surface area contributed by atoms with E-state index >= 15 is 0 Å². The summed E-state index contributed by atoms with van der Waals surface area (Å²) in [5.41, 5.74) is 1.94. The molecule has 0 saturated heterocycles. The smallest absolute Gasteiger partial charge is 0.256 e. The second-order valence-electron chi connectivity index (χ2n) is 5.63. The maximum atomic E-state index is 12.2. The lowest BCUT2D eigenvalue weighted by molar-refractivity contribution is 0.257. The summed E-state index contributed by atoms with van der Waals surface area (Å²) in [5, 5.41) is 3.23. The first-order valence-electron chi connectivity index (χ1n) is 7.39. The fourth-order valence-corrected chi connectivity index (χ4v) is 3.06. The van der Waals surface area contributed by atoms with Crippen molar-refractivity contribution in [2.75, 3.05) is 18.5 Å². The Bertz CT molecular complexity index is 739. The molecular formula is C16H17N3O2. The first kappa shape index (κ1) is 12.4. The Hall–Kier alpha value is -2.30. The van der Waals surface area contributed by atoms with Crippen LogP contribution in [0.5, 0.6) is 5.75 Å². The molecule has 3 heterocycles. The van der Waals surface area contributed by atoms with Crippen LogP contribution in [0.4, 0.5) is 5.82 Å². The second kappa shape index (κ2) is 4.91. The lowest BCUT2D eigenvalue weighted by Gasteiger charge is -2.25. The Morgan fingerprint density at radius 1 is 1.29 bits per heavy atom. The zero-order valence-electron chi connectivity index (χ0n) is 11.7. The molecule has 0 fully saturated rings. The zero-order valence-corrected chi connectivity index (χ0v) is 11.7. The summed E-state index contributed by atoms with van der Waals surface area (Å²) in [6.07, 6.45) is 2.63. The van der Waals surface area contributed by atoms with Gasteiger partial charge >= 0.3 is 0 Å². The molecule has 5 nitrogen and oxygen atoms in total. The normalized spacial score (nSPS) is 19.9. The molecule has 0 bridgehead atoms. The highest BCUT2D eigenvalue weighted by Gasteiger charge is 2.25. The third kappa shape index (κ3) is 2.18. The van der Waals surface area contributed by atoms with Crippen LogP contribution in [-0.2, 0) is 12.8 Å². The minimum atomic E-state index is -0.0129. The van der Waals surface area contributed by atoms with E-state index in [4.69, 9.17) is 4.74 Å². The third-order valence-electron chi connectivity index (χ3n) is 4.20. The Labute approximate surface area is 122 Å². The van der Waals surface area contributed by atoms with Crippen LogP contribution >= 0.6 is 0 Å². The molecule has 4 rings (SSSR count). The first-order valence-corrected chi connectivity index (χ1v) is 7.39. The molecule has 1 atom stereocenters. The van der Waals surface area contributed by atoms with Gasteiger partial charge in [0.25, 0.3) is 5.56 Å². The molecule has 5 heteroatoms. The van der Waals surface area contributed by atoms with Crippen LogP contribution in [0, 0.1) is 0 Å². The van der Waals surface area contributed by atoms with Crippen LogP contribution in [0.25, 0.3) is 0 Å². The van der Waals surface area contributed by atoms with Gasteiger partial charge in [-0.15, -0.1) is 0 Å². The number of hydrogen-bond acceptors (Lipinski definition) is 4. The number of rotatable bonds is 1. The van der Waals surface area contributed by atoms with Gasteiger partial charge < -0.3 is 15.0 Å². The Morgan fingerprint density at radius 3 is 3.14 bits per heavy atom. The number of aromatic nitrogens is 2. The molecule has 1 aromatic carbocycles. The summed E-state index contributed by atoms with van der Waals surface area (Å²) in [5.74, 6) is 2.51. The van der Waals surface area contributed by atoms with Gasteiger partial charge in [-0.05, 0) is 30.9 Å². The zero-order chi connectivity index (χ0) is 14.2. The summed E-state index contributed by atoms with van der Waals surface area (Å²) in [4.78, 5) is 19.8. The molecule has 1 aromatic heterocycles. The van der Waals surface area contributed by atoms with Gasteiger partial charge in [0.15, 0.2) is 0 Å². The van der Waals surface area contributed by atoms with E-state index in [1.807, 2.05) is 18.2 Å². The molecule has 0 aliphatic carbocycles. The molecule has 0 saturated carbocycles. The molecule has 21 heavy (non-hydrogen) atoms. The molecule has 2 N–H and O–H groups in total. The summed E-state index contributed by atoms with van der Waals surface area (Å²) in [6.45, 7) is 1.44. The second-order valence-corrected chi connectivity index (χ2v) is 5.63. The van der Waals surface area contributed by atoms with E-state index < -0.39 is 0 Å². The van der Waals surface area contributed by atoms with Crippen LogP contribution in [-0.4, -0.2) is 23.1 Å². The van der Waals surface area contributed by atoms with Crippen LogP contribution in [0.1, 0.15) is 29.3 Å². The largest absolute Gasteiger partial charge is 0.493 e. The average molecular weight is 283 g/mol. The van der Waals surface area contributed by atoms with Gasteiger partial charge in [-0.2, -0.15) is 0 Å². The predicted molar refractivity (Wildman–Crippen MR) is 80.1 cm³/mol. The standard InChI is InChI=1S/C16H17N3O2/c20-16-12-5-3-7-17-15(12)18-14(19-16)11-8-10-4-1-2-6-13(10)21-9-11/h1-2,4,6,11H,3,5,7-9H2,(H2,17,18,19,20). The predicted octanol–water partition coefficient (Wildman–Crippen LogP) is 1.85. The number of fused-ring (bicyclic) bond motifs is 2. The summed E-state index contributed by atoms with van der Waals surface area (Å²) < 4.78 is 5.79. The lowest BCUT2D eigenvalue weighted by atomic mass is 9.96. The van der Waals surface area contributed by atoms with E-state index in [2.05, 4.69) is 21.4 Å². The van der Waals surface area contributed by atoms with E-state index in [9.17, 15) is 4.79 Å². The number of anilines is 1. The van der Waals surface area contributed by atoms with E-state index in [0.29, 0.717) is 6.61 Å². The van der Waals surface area contributed by atoms with Crippen LogP contribution in [0.3, 0.4) is 0 Å². The Kier molecular flexibility index (Phi) is 2.91. The lowest BCUT2D eigenvalue weighted by Crippen LogP contribution is -2.29. The van der Waals surface area contributed by atoms with E-state index in [1.54, 1.807) is 0 Å². The topological polar surface area (TPSA) is 67.0 Å². The summed E-state index contributed by atoms with van der Waals surface area (Å²) in [7, 11) is 0. The number of hydrogen-bond donors (Lipinski definition) is 2. The minimum absolute atomic E-state index is 0.0129. The maximum Gasteiger partial charge on any atom is 0.256 e. The highest BCUT2D eigenvalue weighted by atomic mass is 16.5. The van der Waals surface area contributed by atoms with Crippen molar-refractivity contribution in [1.29, 1.82) is 0 Å². The number of H-pyrrole nitrogens is 1. The highest BCUT2D eigenvalue weighted by Crippen LogP contribution is 2.31. The van der Waals surface area contributed by atoms with Gasteiger partial charge in [-0.1, -0.05) is 18.2 Å². The fraction of sp³-hybridized carbons (Fsp3) is 0.375. The summed E-state index contributed by atoms with van der Waals surface area (Å²) in [6, 6.07) is 8.03. The summed E-state index contributed by atoms with van der Waals surface area (Å²) >= 11 is 0. The molecule has 2 aromatic rings. The monoisotopic (exact) mass is 283 g/mol. The average Bonchev–Trinajstić information content (AvgIpc) is 2.54. The molecule has 0 radical (unpaired) electrons. The van der Waals surface area contributed by atoms with Gasteiger partial charge in [0.1, 0.15) is 17.4 Å². The fourth-order valence-electron chi connectivity index (χ4n) is 3.06. The molecule has 0 amide bonds. The van der Waals surface area contributed by atoms with Gasteiger partial charge in [-0.25, -0.2) is 4.98 Å². The van der Waals surface area contributed by atoms with E-state index in [0.717, 1.165) is 48.8 Å². The Morgan fingerprint density at radius 2 is 2.19 bits per heavy atom. The molecule has 108 valence electrons. The van der Waals surface area contributed by atoms with Crippen molar-refractivity contribution in [3.05, 3.63) is 51.6 Å². The van der Waals surface area contributed by atoms with Crippen molar-refractivity contribution in [3.8, 4) is 5.75 Å². The van der Waals surface area contributed by atoms with Crippen LogP contribution < -0.4 is 15.6 Å². The number of ether oxygens (including phenoxy) is 1. The first-order chi connectivity index (χ1) is 10.3. The van der Waals surface area contributed by atoms with Crippen LogP contribution in [0.15, 0.2) is 29.1 Å². The maximum absolute atomic E-state index is 12.2. The van der Waals surface area contributed by atoms with Gasteiger partial charge in [0.05, 0.1) is 18.1 Å². The third-order valence-corrected chi connectivity index (χ3v) is 4.20. The van der Waals surface area contributed by atoms with Crippen molar-refractivity contribution in [2.45, 2.75) is 25.2 Å². The number of para-hydroxylation sites is 1. The van der Waals surface area contributed by atoms with Crippen molar-refractivity contribution in [1.82, 2.24) is 9.97 Å². The van der Waals surface area contributed by atoms with E-state index in [1.165, 1.54) is 5.56 Å². The Balaban J connectivity index is 1.69.